The molecule has 0 spiro atoms. The number of methoxy groups -OCH3 is 1. The molecule has 0 aliphatic carbocycles. The van der Waals surface area contributed by atoms with Crippen LogP contribution in [-0.2, 0) is 10.0 Å². The minimum atomic E-state index is -3.32. The topological polar surface area (TPSA) is 70.7 Å². The second kappa shape index (κ2) is 7.11. The van der Waals surface area contributed by atoms with Crippen molar-refractivity contribution in [2.24, 2.45) is 0 Å². The van der Waals surface area contributed by atoms with E-state index in [0.29, 0.717) is 12.2 Å². The van der Waals surface area contributed by atoms with Gasteiger partial charge in [0.1, 0.15) is 5.75 Å². The smallest absolute Gasteiger partial charge is 0.233 e. The number of nitrogens with one attached hydrogen (secondary N) is 2. The molecule has 118 valence electrons. The van der Waals surface area contributed by atoms with Gasteiger partial charge in [-0.15, -0.1) is 0 Å². The maximum absolute atomic E-state index is 12.1. The van der Waals surface area contributed by atoms with E-state index in [2.05, 4.69) is 14.9 Å². The second-order valence-electron chi connectivity index (χ2n) is 5.20. The Bertz CT molecular complexity index is 569. The summed E-state index contributed by atoms with van der Waals surface area (Å²) in [5, 5.41) is 3.25. The molecule has 0 radical (unpaired) electrons. The molecule has 0 amide bonds. The number of sulfonamides is 1. The van der Waals surface area contributed by atoms with Crippen LogP contribution in [0.4, 0.5) is 5.69 Å². The lowest BCUT2D eigenvalue weighted by Gasteiger charge is -2.26. The minimum Gasteiger partial charge on any atom is -0.496 e. The van der Waals surface area contributed by atoms with E-state index in [1.807, 2.05) is 6.92 Å². The van der Waals surface area contributed by atoms with Crippen molar-refractivity contribution in [1.82, 2.24) is 10.2 Å². The molecule has 1 aliphatic heterocycles. The lowest BCUT2D eigenvalue weighted by Crippen LogP contribution is -2.45. The van der Waals surface area contributed by atoms with Gasteiger partial charge in [0.15, 0.2) is 0 Å². The first-order valence-electron chi connectivity index (χ1n) is 7.08. The van der Waals surface area contributed by atoms with Crippen LogP contribution in [0.1, 0.15) is 5.56 Å². The van der Waals surface area contributed by atoms with Crippen molar-refractivity contribution in [2.45, 2.75) is 6.92 Å². The van der Waals surface area contributed by atoms with Crippen molar-refractivity contribution in [3.05, 3.63) is 23.8 Å². The zero-order valence-electron chi connectivity index (χ0n) is 12.6. The van der Waals surface area contributed by atoms with Gasteiger partial charge in [0, 0.05) is 38.4 Å². The van der Waals surface area contributed by atoms with E-state index in [9.17, 15) is 8.42 Å². The highest BCUT2D eigenvalue weighted by Gasteiger charge is 2.15. The van der Waals surface area contributed by atoms with Crippen LogP contribution in [0.25, 0.3) is 0 Å². The summed E-state index contributed by atoms with van der Waals surface area (Å²) in [5.41, 5.74) is 1.48. The largest absolute Gasteiger partial charge is 0.496 e. The fourth-order valence-electron chi connectivity index (χ4n) is 2.36. The summed E-state index contributed by atoms with van der Waals surface area (Å²) in [7, 11) is -1.73. The fraction of sp³-hybridized carbons (Fsp3) is 0.571. The van der Waals surface area contributed by atoms with Gasteiger partial charge in [-0.3, -0.25) is 9.62 Å². The number of hydrogen-bond acceptors (Lipinski definition) is 5. The Kier molecular flexibility index (Phi) is 5.44. The summed E-state index contributed by atoms with van der Waals surface area (Å²) < 4.78 is 32.0. The molecule has 21 heavy (non-hydrogen) atoms. The quantitative estimate of drug-likeness (QED) is 0.807. The van der Waals surface area contributed by atoms with Gasteiger partial charge < -0.3 is 10.1 Å². The van der Waals surface area contributed by atoms with Gasteiger partial charge in [-0.2, -0.15) is 0 Å². The number of piperazine rings is 1. The average molecular weight is 313 g/mol. The van der Waals surface area contributed by atoms with Crippen molar-refractivity contribution in [1.29, 1.82) is 0 Å². The SMILES string of the molecule is COc1ccc(NS(=O)(=O)CCN2CCNCC2)cc1C. The number of nitrogens with zero attached hydrogens (tertiary/aromatic N) is 1. The van der Waals surface area contributed by atoms with Crippen molar-refractivity contribution in [2.75, 3.05) is 50.3 Å². The van der Waals surface area contributed by atoms with Crippen LogP contribution >= 0.6 is 0 Å². The summed E-state index contributed by atoms with van der Waals surface area (Å²) in [4.78, 5) is 2.16. The zero-order valence-corrected chi connectivity index (χ0v) is 13.4. The molecule has 6 nitrogen and oxygen atoms in total. The highest BCUT2D eigenvalue weighted by atomic mass is 32.2. The summed E-state index contributed by atoms with van der Waals surface area (Å²) in [6, 6.07) is 5.26. The molecular weight excluding hydrogens is 290 g/mol. The number of benzene rings is 1. The number of anilines is 1. The Labute approximate surface area is 126 Å². The normalized spacial score (nSPS) is 16.7. The molecule has 0 bridgehead atoms. The van der Waals surface area contributed by atoms with Gasteiger partial charge in [0.05, 0.1) is 12.9 Å². The molecular formula is C14H23N3O3S. The molecule has 1 aliphatic rings. The van der Waals surface area contributed by atoms with E-state index in [1.165, 1.54) is 0 Å². The summed E-state index contributed by atoms with van der Waals surface area (Å²) in [5.74, 6) is 0.858. The van der Waals surface area contributed by atoms with Crippen molar-refractivity contribution in [3.63, 3.8) is 0 Å². The minimum absolute atomic E-state index is 0.109. The first kappa shape index (κ1) is 16.1. The third-order valence-electron chi connectivity index (χ3n) is 3.55. The molecule has 1 fully saturated rings. The molecule has 7 heteroatoms. The van der Waals surface area contributed by atoms with Gasteiger partial charge in [0.2, 0.25) is 10.0 Å². The summed E-state index contributed by atoms with van der Waals surface area (Å²) in [6.45, 7) is 6.09. The summed E-state index contributed by atoms with van der Waals surface area (Å²) >= 11 is 0. The average Bonchev–Trinajstić information content (AvgIpc) is 2.46. The number of ether oxygens (including phenoxy) is 1. The van der Waals surface area contributed by atoms with Gasteiger partial charge >= 0.3 is 0 Å². The van der Waals surface area contributed by atoms with Crippen LogP contribution in [0.5, 0.6) is 5.75 Å². The lowest BCUT2D eigenvalue weighted by atomic mass is 10.2. The molecule has 0 saturated carbocycles. The van der Waals surface area contributed by atoms with Crippen LogP contribution in [0.3, 0.4) is 0 Å². The zero-order chi connectivity index (χ0) is 15.3. The van der Waals surface area contributed by atoms with Crippen LogP contribution in [-0.4, -0.2) is 58.9 Å². The molecule has 1 aromatic rings. The van der Waals surface area contributed by atoms with E-state index >= 15 is 0 Å². The van der Waals surface area contributed by atoms with Crippen LogP contribution in [0.15, 0.2) is 18.2 Å². The highest BCUT2D eigenvalue weighted by Crippen LogP contribution is 2.22. The Balaban J connectivity index is 1.92. The Morgan fingerprint density at radius 3 is 2.67 bits per heavy atom. The highest BCUT2D eigenvalue weighted by molar-refractivity contribution is 7.92. The molecule has 2 N–H and O–H groups in total. The van der Waals surface area contributed by atoms with E-state index in [0.717, 1.165) is 37.5 Å². The standard InChI is InChI=1S/C14H23N3O3S/c1-12-11-13(3-4-14(12)20-2)16-21(18,19)10-9-17-7-5-15-6-8-17/h3-4,11,15-16H,5-10H2,1-2H3. The van der Waals surface area contributed by atoms with Gasteiger partial charge in [-0.1, -0.05) is 0 Å². The van der Waals surface area contributed by atoms with E-state index in [1.54, 1.807) is 25.3 Å². The molecule has 0 aromatic heterocycles. The van der Waals surface area contributed by atoms with Gasteiger partial charge in [0.25, 0.3) is 0 Å². The number of aryl methyl sites for hydroxylation is 1. The summed E-state index contributed by atoms with van der Waals surface area (Å²) in [6.07, 6.45) is 0. The maximum atomic E-state index is 12.1. The molecule has 1 heterocycles. The number of rotatable bonds is 6. The molecule has 2 rings (SSSR count). The Hall–Kier alpha value is -1.31. The lowest BCUT2D eigenvalue weighted by molar-refractivity contribution is 0.254. The fourth-order valence-corrected chi connectivity index (χ4v) is 3.44. The third kappa shape index (κ3) is 4.87. The number of hydrogen-bond donors (Lipinski definition) is 2. The third-order valence-corrected chi connectivity index (χ3v) is 4.82. The predicted octanol–water partition coefficient (Wildman–Crippen LogP) is 0.651. The predicted molar refractivity (Wildman–Crippen MR) is 84.5 cm³/mol. The van der Waals surface area contributed by atoms with E-state index < -0.39 is 10.0 Å². The molecule has 1 saturated heterocycles. The van der Waals surface area contributed by atoms with Crippen LogP contribution in [0.2, 0.25) is 0 Å². The molecule has 0 unspecified atom stereocenters. The van der Waals surface area contributed by atoms with Crippen LogP contribution in [0, 0.1) is 6.92 Å². The van der Waals surface area contributed by atoms with Gasteiger partial charge in [-0.25, -0.2) is 8.42 Å². The maximum Gasteiger partial charge on any atom is 0.233 e. The molecule has 0 atom stereocenters. The Morgan fingerprint density at radius 2 is 2.05 bits per heavy atom. The molecule has 1 aromatic carbocycles. The van der Waals surface area contributed by atoms with E-state index in [4.69, 9.17) is 4.74 Å². The van der Waals surface area contributed by atoms with Crippen molar-refractivity contribution in [3.8, 4) is 5.75 Å². The van der Waals surface area contributed by atoms with Crippen molar-refractivity contribution >= 4 is 15.7 Å². The van der Waals surface area contributed by atoms with Gasteiger partial charge in [-0.05, 0) is 30.7 Å². The Morgan fingerprint density at radius 1 is 1.33 bits per heavy atom. The monoisotopic (exact) mass is 313 g/mol. The van der Waals surface area contributed by atoms with E-state index in [-0.39, 0.29) is 5.75 Å². The first-order valence-corrected chi connectivity index (χ1v) is 8.73. The van der Waals surface area contributed by atoms with Crippen molar-refractivity contribution < 1.29 is 13.2 Å². The second-order valence-corrected chi connectivity index (χ2v) is 7.04. The van der Waals surface area contributed by atoms with Crippen LogP contribution < -0.4 is 14.8 Å². The first-order chi connectivity index (χ1) is 10.00.